The van der Waals surface area contributed by atoms with Crippen LogP contribution in [0.2, 0.25) is 0 Å². The highest BCUT2D eigenvalue weighted by molar-refractivity contribution is 5.63. The van der Waals surface area contributed by atoms with E-state index in [2.05, 4.69) is 48.4 Å². The summed E-state index contributed by atoms with van der Waals surface area (Å²) < 4.78 is 0. The summed E-state index contributed by atoms with van der Waals surface area (Å²) in [6.45, 7) is 4.24. The summed E-state index contributed by atoms with van der Waals surface area (Å²) in [5.74, 6) is 2.37. The van der Waals surface area contributed by atoms with Gasteiger partial charge in [-0.2, -0.15) is 0 Å². The van der Waals surface area contributed by atoms with Crippen molar-refractivity contribution < 1.29 is 0 Å². The highest BCUT2D eigenvalue weighted by Gasteiger charge is 2.20. The van der Waals surface area contributed by atoms with Crippen LogP contribution < -0.4 is 5.32 Å². The SMILES string of the molecule is CNc1cc(C2CCCC2)nc(-c2cc(C)ccc2C)n1. The molecule has 1 saturated carbocycles. The number of aryl methyl sites for hydroxylation is 2. The molecule has 1 aliphatic carbocycles. The molecule has 0 unspecified atom stereocenters. The van der Waals surface area contributed by atoms with Crippen molar-refractivity contribution in [2.75, 3.05) is 12.4 Å². The van der Waals surface area contributed by atoms with Crippen molar-refractivity contribution >= 4 is 5.82 Å². The zero-order chi connectivity index (χ0) is 14.8. The number of benzene rings is 1. The molecule has 0 amide bonds. The first-order valence-electron chi connectivity index (χ1n) is 7.81. The molecule has 3 heteroatoms. The molecule has 3 rings (SSSR count). The molecule has 110 valence electrons. The third kappa shape index (κ3) is 2.92. The van der Waals surface area contributed by atoms with Crippen LogP contribution in [0.5, 0.6) is 0 Å². The fourth-order valence-electron chi connectivity index (χ4n) is 3.12. The Morgan fingerprint density at radius 1 is 1.05 bits per heavy atom. The van der Waals surface area contributed by atoms with E-state index >= 15 is 0 Å². The third-order valence-corrected chi connectivity index (χ3v) is 4.41. The van der Waals surface area contributed by atoms with Gasteiger partial charge in [0.05, 0.1) is 0 Å². The van der Waals surface area contributed by atoms with Gasteiger partial charge in [0.2, 0.25) is 0 Å². The van der Waals surface area contributed by atoms with E-state index in [0.717, 1.165) is 17.2 Å². The maximum Gasteiger partial charge on any atom is 0.162 e. The highest BCUT2D eigenvalue weighted by atomic mass is 15.0. The Morgan fingerprint density at radius 3 is 2.52 bits per heavy atom. The summed E-state index contributed by atoms with van der Waals surface area (Å²) in [5, 5.41) is 3.18. The quantitative estimate of drug-likeness (QED) is 0.902. The van der Waals surface area contributed by atoms with Crippen LogP contribution in [-0.2, 0) is 0 Å². The molecule has 0 saturated heterocycles. The van der Waals surface area contributed by atoms with Gasteiger partial charge in [-0.15, -0.1) is 0 Å². The number of hydrogen-bond acceptors (Lipinski definition) is 3. The molecular weight excluding hydrogens is 258 g/mol. The van der Waals surface area contributed by atoms with E-state index in [4.69, 9.17) is 4.98 Å². The summed E-state index contributed by atoms with van der Waals surface area (Å²) in [4.78, 5) is 9.56. The first-order valence-corrected chi connectivity index (χ1v) is 7.81. The molecule has 1 aromatic heterocycles. The van der Waals surface area contributed by atoms with E-state index in [9.17, 15) is 0 Å². The van der Waals surface area contributed by atoms with Gasteiger partial charge in [-0.25, -0.2) is 9.97 Å². The Kier molecular flexibility index (Phi) is 3.91. The molecule has 3 nitrogen and oxygen atoms in total. The largest absolute Gasteiger partial charge is 0.373 e. The molecule has 0 atom stereocenters. The molecule has 1 aliphatic rings. The first-order chi connectivity index (χ1) is 10.2. The molecule has 2 aromatic rings. The van der Waals surface area contributed by atoms with E-state index in [1.807, 2.05) is 7.05 Å². The van der Waals surface area contributed by atoms with E-state index in [1.54, 1.807) is 0 Å². The van der Waals surface area contributed by atoms with Gasteiger partial charge in [0.15, 0.2) is 5.82 Å². The van der Waals surface area contributed by atoms with Crippen LogP contribution in [0.15, 0.2) is 24.3 Å². The van der Waals surface area contributed by atoms with Crippen LogP contribution in [0, 0.1) is 13.8 Å². The van der Waals surface area contributed by atoms with Gasteiger partial charge in [0, 0.05) is 30.3 Å². The van der Waals surface area contributed by atoms with Gasteiger partial charge < -0.3 is 5.32 Å². The number of nitrogens with zero attached hydrogens (tertiary/aromatic N) is 2. The summed E-state index contributed by atoms with van der Waals surface area (Å²) in [6.07, 6.45) is 5.16. The maximum atomic E-state index is 4.88. The zero-order valence-corrected chi connectivity index (χ0v) is 13.1. The molecule has 1 N–H and O–H groups in total. The van der Waals surface area contributed by atoms with E-state index in [1.165, 1.54) is 42.5 Å². The Labute approximate surface area is 126 Å². The minimum Gasteiger partial charge on any atom is -0.373 e. The number of rotatable bonds is 3. The Morgan fingerprint density at radius 2 is 1.81 bits per heavy atom. The van der Waals surface area contributed by atoms with Crippen molar-refractivity contribution in [2.45, 2.75) is 45.4 Å². The molecule has 0 aliphatic heterocycles. The number of aromatic nitrogens is 2. The van der Waals surface area contributed by atoms with Crippen LogP contribution in [-0.4, -0.2) is 17.0 Å². The fourth-order valence-corrected chi connectivity index (χ4v) is 3.12. The molecule has 0 spiro atoms. The second-order valence-electron chi connectivity index (χ2n) is 6.05. The summed E-state index contributed by atoms with van der Waals surface area (Å²) >= 11 is 0. The number of hydrogen-bond donors (Lipinski definition) is 1. The molecule has 0 bridgehead atoms. The lowest BCUT2D eigenvalue weighted by Gasteiger charge is -2.14. The van der Waals surface area contributed by atoms with Crippen molar-refractivity contribution in [1.82, 2.24) is 9.97 Å². The Bertz CT molecular complexity index is 643. The molecule has 21 heavy (non-hydrogen) atoms. The second-order valence-corrected chi connectivity index (χ2v) is 6.05. The van der Waals surface area contributed by atoms with E-state index < -0.39 is 0 Å². The summed E-state index contributed by atoms with van der Waals surface area (Å²) in [5.41, 5.74) is 4.82. The summed E-state index contributed by atoms with van der Waals surface area (Å²) in [7, 11) is 1.92. The van der Waals surface area contributed by atoms with Crippen molar-refractivity contribution in [3.8, 4) is 11.4 Å². The number of anilines is 1. The van der Waals surface area contributed by atoms with E-state index in [0.29, 0.717) is 5.92 Å². The lowest BCUT2D eigenvalue weighted by molar-refractivity contribution is 0.696. The monoisotopic (exact) mass is 281 g/mol. The third-order valence-electron chi connectivity index (χ3n) is 4.41. The standard InChI is InChI=1S/C18H23N3/c1-12-8-9-13(2)15(10-12)18-20-16(11-17(19-3)21-18)14-6-4-5-7-14/h8-11,14H,4-7H2,1-3H3,(H,19,20,21). The van der Waals surface area contributed by atoms with Gasteiger partial charge in [0.1, 0.15) is 5.82 Å². The van der Waals surface area contributed by atoms with Crippen molar-refractivity contribution in [3.05, 3.63) is 41.1 Å². The van der Waals surface area contributed by atoms with Gasteiger partial charge in [-0.1, -0.05) is 30.5 Å². The van der Waals surface area contributed by atoms with Gasteiger partial charge in [-0.3, -0.25) is 0 Å². The average molecular weight is 281 g/mol. The molecule has 1 aromatic carbocycles. The Hall–Kier alpha value is -1.90. The highest BCUT2D eigenvalue weighted by Crippen LogP contribution is 2.35. The molecule has 1 fully saturated rings. The predicted octanol–water partition coefficient (Wildman–Crippen LogP) is 4.46. The predicted molar refractivity (Wildman–Crippen MR) is 87.7 cm³/mol. The lowest BCUT2D eigenvalue weighted by atomic mass is 10.0. The molecule has 1 heterocycles. The van der Waals surface area contributed by atoms with Crippen LogP contribution >= 0.6 is 0 Å². The minimum absolute atomic E-state index is 0.601. The van der Waals surface area contributed by atoms with Crippen molar-refractivity contribution in [3.63, 3.8) is 0 Å². The molecular formula is C18H23N3. The Balaban J connectivity index is 2.08. The minimum atomic E-state index is 0.601. The van der Waals surface area contributed by atoms with Crippen LogP contribution in [0.3, 0.4) is 0 Å². The fraction of sp³-hybridized carbons (Fsp3) is 0.444. The first kappa shape index (κ1) is 14.1. The lowest BCUT2D eigenvalue weighted by Crippen LogP contribution is -2.04. The van der Waals surface area contributed by atoms with Gasteiger partial charge in [-0.05, 0) is 38.3 Å². The van der Waals surface area contributed by atoms with Gasteiger partial charge >= 0.3 is 0 Å². The number of nitrogens with one attached hydrogen (secondary N) is 1. The van der Waals surface area contributed by atoms with Crippen LogP contribution in [0.4, 0.5) is 5.82 Å². The topological polar surface area (TPSA) is 37.8 Å². The van der Waals surface area contributed by atoms with Crippen molar-refractivity contribution in [1.29, 1.82) is 0 Å². The van der Waals surface area contributed by atoms with Crippen molar-refractivity contribution in [2.24, 2.45) is 0 Å². The van der Waals surface area contributed by atoms with E-state index in [-0.39, 0.29) is 0 Å². The van der Waals surface area contributed by atoms with Gasteiger partial charge in [0.25, 0.3) is 0 Å². The van der Waals surface area contributed by atoms with Crippen LogP contribution in [0.1, 0.15) is 48.4 Å². The smallest absolute Gasteiger partial charge is 0.162 e. The van der Waals surface area contributed by atoms with Crippen LogP contribution in [0.25, 0.3) is 11.4 Å². The molecule has 0 radical (unpaired) electrons. The normalized spacial score (nSPS) is 15.4. The zero-order valence-electron chi connectivity index (χ0n) is 13.1. The average Bonchev–Trinajstić information content (AvgIpc) is 3.03. The summed E-state index contributed by atoms with van der Waals surface area (Å²) in [6, 6.07) is 8.58. The maximum absolute atomic E-state index is 4.88. The second kappa shape index (κ2) is 5.84.